The van der Waals surface area contributed by atoms with E-state index in [-0.39, 0.29) is 17.2 Å². The van der Waals surface area contributed by atoms with Crippen molar-refractivity contribution >= 4 is 30.9 Å². The lowest BCUT2D eigenvalue weighted by atomic mass is 9.83. The monoisotopic (exact) mass is 470 g/mol. The Morgan fingerprint density at radius 3 is 1.96 bits per heavy atom. The highest BCUT2D eigenvalue weighted by Crippen LogP contribution is 2.40. The van der Waals surface area contributed by atoms with Crippen LogP contribution in [0.5, 0.6) is 0 Å². The SMILES string of the molecule is C[C@H]1[C@H]([C@H](C)CO[Si](C)(C)C(C)(C)C)OC(C)(C)O[C@H]1[C@@H](C)CI. The second-order valence-corrected chi connectivity index (χ2v) is 15.3. The summed E-state index contributed by atoms with van der Waals surface area (Å²) in [5.74, 6) is 0.745. The highest BCUT2D eigenvalue weighted by Gasteiger charge is 2.45. The highest BCUT2D eigenvalue weighted by atomic mass is 127. The summed E-state index contributed by atoms with van der Waals surface area (Å²) in [5.41, 5.74) is 0. The van der Waals surface area contributed by atoms with E-state index < -0.39 is 14.1 Å². The van der Waals surface area contributed by atoms with Crippen molar-refractivity contribution < 1.29 is 13.9 Å². The third kappa shape index (κ3) is 5.66. The first kappa shape index (κ1) is 22.9. The minimum atomic E-state index is -1.72. The smallest absolute Gasteiger partial charge is 0.191 e. The lowest BCUT2D eigenvalue weighted by Crippen LogP contribution is -2.55. The van der Waals surface area contributed by atoms with Crippen molar-refractivity contribution in [2.24, 2.45) is 17.8 Å². The molecule has 0 saturated carbocycles. The molecule has 0 aromatic rings. The minimum Gasteiger partial charge on any atom is -0.416 e. The predicted molar refractivity (Wildman–Crippen MR) is 113 cm³/mol. The Bertz CT molecular complexity index is 406. The van der Waals surface area contributed by atoms with Gasteiger partial charge in [0.2, 0.25) is 0 Å². The number of hydrogen-bond acceptors (Lipinski definition) is 3. The molecule has 1 rings (SSSR count). The van der Waals surface area contributed by atoms with Crippen LogP contribution >= 0.6 is 22.6 Å². The molecule has 1 heterocycles. The van der Waals surface area contributed by atoms with Crippen molar-refractivity contribution in [3.8, 4) is 0 Å². The Kier molecular flexibility index (Phi) is 7.85. The molecule has 0 bridgehead atoms. The molecule has 0 spiro atoms. The topological polar surface area (TPSA) is 27.7 Å². The molecule has 5 heteroatoms. The first-order valence-electron chi connectivity index (χ1n) is 9.27. The molecule has 1 aliphatic heterocycles. The first-order valence-corrected chi connectivity index (χ1v) is 13.7. The molecule has 1 aliphatic rings. The fourth-order valence-corrected chi connectivity index (χ4v) is 4.71. The molecule has 5 atom stereocenters. The lowest BCUT2D eigenvalue weighted by Gasteiger charge is -2.49. The highest BCUT2D eigenvalue weighted by molar-refractivity contribution is 14.1. The molecular formula is C19H39IO3Si. The van der Waals surface area contributed by atoms with E-state index in [2.05, 4.69) is 77.2 Å². The van der Waals surface area contributed by atoms with Crippen LogP contribution < -0.4 is 0 Å². The fourth-order valence-electron chi connectivity index (χ4n) is 3.09. The van der Waals surface area contributed by atoms with Crippen LogP contribution in [0.15, 0.2) is 0 Å². The van der Waals surface area contributed by atoms with Crippen LogP contribution in [0.1, 0.15) is 55.4 Å². The lowest BCUT2D eigenvalue weighted by molar-refractivity contribution is -0.334. The van der Waals surface area contributed by atoms with E-state index >= 15 is 0 Å². The molecule has 0 radical (unpaired) electrons. The van der Waals surface area contributed by atoms with Crippen molar-refractivity contribution in [3.05, 3.63) is 0 Å². The largest absolute Gasteiger partial charge is 0.416 e. The van der Waals surface area contributed by atoms with Crippen LogP contribution in [-0.4, -0.2) is 37.3 Å². The summed E-state index contributed by atoms with van der Waals surface area (Å²) in [6.45, 7) is 23.2. The molecule has 0 N–H and O–H groups in total. The summed E-state index contributed by atoms with van der Waals surface area (Å²) in [7, 11) is -1.72. The zero-order chi connectivity index (χ0) is 18.9. The van der Waals surface area contributed by atoms with Crippen molar-refractivity contribution in [1.29, 1.82) is 0 Å². The molecule has 1 fully saturated rings. The number of alkyl halides is 1. The van der Waals surface area contributed by atoms with Gasteiger partial charge in [-0.25, -0.2) is 0 Å². The molecule has 144 valence electrons. The van der Waals surface area contributed by atoms with E-state index in [1.807, 2.05) is 13.8 Å². The molecule has 0 aliphatic carbocycles. The summed E-state index contributed by atoms with van der Waals surface area (Å²) in [6.07, 6.45) is 0.417. The van der Waals surface area contributed by atoms with Gasteiger partial charge >= 0.3 is 0 Å². The van der Waals surface area contributed by atoms with E-state index in [1.165, 1.54) is 0 Å². The van der Waals surface area contributed by atoms with Crippen LogP contribution in [0, 0.1) is 17.8 Å². The maximum atomic E-state index is 6.46. The normalized spacial score (nSPS) is 30.9. The molecule has 24 heavy (non-hydrogen) atoms. The van der Waals surface area contributed by atoms with Crippen LogP contribution in [0.4, 0.5) is 0 Å². The van der Waals surface area contributed by atoms with Crippen LogP contribution in [-0.2, 0) is 13.9 Å². The van der Waals surface area contributed by atoms with Crippen molar-refractivity contribution in [2.75, 3.05) is 11.0 Å². The van der Waals surface area contributed by atoms with E-state index in [0.29, 0.717) is 17.8 Å². The van der Waals surface area contributed by atoms with Gasteiger partial charge in [0, 0.05) is 22.9 Å². The number of rotatable bonds is 6. The van der Waals surface area contributed by atoms with Crippen LogP contribution in [0.2, 0.25) is 18.1 Å². The Hall–Kier alpha value is 0.827. The average Bonchev–Trinajstić information content (AvgIpc) is 2.44. The fraction of sp³-hybridized carbons (Fsp3) is 1.00. The number of hydrogen-bond donors (Lipinski definition) is 0. The molecule has 0 aromatic carbocycles. The predicted octanol–water partition coefficient (Wildman–Crippen LogP) is 5.87. The average molecular weight is 471 g/mol. The number of ether oxygens (including phenoxy) is 2. The summed E-state index contributed by atoms with van der Waals surface area (Å²) < 4.78 is 20.2. The Morgan fingerprint density at radius 1 is 1.08 bits per heavy atom. The maximum absolute atomic E-state index is 6.46. The zero-order valence-corrected chi connectivity index (χ0v) is 20.6. The van der Waals surface area contributed by atoms with Gasteiger partial charge in [0.05, 0.1) is 12.2 Å². The minimum absolute atomic E-state index is 0.175. The van der Waals surface area contributed by atoms with E-state index in [0.717, 1.165) is 11.0 Å². The third-order valence-electron chi connectivity index (χ3n) is 5.75. The van der Waals surface area contributed by atoms with Crippen molar-refractivity contribution in [3.63, 3.8) is 0 Å². The summed E-state index contributed by atoms with van der Waals surface area (Å²) in [5, 5.41) is 0.242. The van der Waals surface area contributed by atoms with Gasteiger partial charge in [0.15, 0.2) is 14.1 Å². The van der Waals surface area contributed by atoms with Crippen LogP contribution in [0.3, 0.4) is 0 Å². The Labute approximate surface area is 164 Å². The van der Waals surface area contributed by atoms with Gasteiger partial charge in [-0.05, 0) is 37.9 Å². The summed E-state index contributed by atoms with van der Waals surface area (Å²) in [6, 6.07) is 0. The zero-order valence-electron chi connectivity index (χ0n) is 17.4. The molecule has 3 nitrogen and oxygen atoms in total. The van der Waals surface area contributed by atoms with Crippen molar-refractivity contribution in [1.82, 2.24) is 0 Å². The standard InChI is InChI=1S/C19H39IO3Si/c1-13(11-20)16-15(3)17(23-19(7,8)22-16)14(2)12-21-24(9,10)18(4,5)6/h13-17H,11-12H2,1-10H3/t13-,14+,15+,16-,17-/m0/s1. The van der Waals surface area contributed by atoms with E-state index in [4.69, 9.17) is 13.9 Å². The van der Waals surface area contributed by atoms with Crippen LogP contribution in [0.25, 0.3) is 0 Å². The second-order valence-electron chi connectivity index (χ2n) is 9.60. The Morgan fingerprint density at radius 2 is 1.54 bits per heavy atom. The van der Waals surface area contributed by atoms with Gasteiger partial charge in [-0.3, -0.25) is 0 Å². The molecule has 0 unspecified atom stereocenters. The second kappa shape index (κ2) is 8.24. The summed E-state index contributed by atoms with van der Waals surface area (Å²) >= 11 is 2.46. The maximum Gasteiger partial charge on any atom is 0.191 e. The van der Waals surface area contributed by atoms with Gasteiger partial charge in [-0.1, -0.05) is 64.1 Å². The van der Waals surface area contributed by atoms with Crippen molar-refractivity contribution in [2.45, 2.75) is 91.5 Å². The molecular weight excluding hydrogens is 431 g/mol. The quantitative estimate of drug-likeness (QED) is 0.276. The molecule has 0 amide bonds. The van der Waals surface area contributed by atoms with Gasteiger partial charge in [0.25, 0.3) is 0 Å². The van der Waals surface area contributed by atoms with Gasteiger partial charge < -0.3 is 13.9 Å². The molecule has 1 saturated heterocycles. The van der Waals surface area contributed by atoms with Gasteiger partial charge in [-0.15, -0.1) is 0 Å². The third-order valence-corrected chi connectivity index (χ3v) is 11.6. The van der Waals surface area contributed by atoms with Gasteiger partial charge in [0.1, 0.15) is 0 Å². The Balaban J connectivity index is 2.82. The van der Waals surface area contributed by atoms with Gasteiger partial charge in [-0.2, -0.15) is 0 Å². The number of halogens is 1. The first-order chi connectivity index (χ1) is 10.7. The van der Waals surface area contributed by atoms with E-state index in [9.17, 15) is 0 Å². The molecule has 0 aromatic heterocycles. The van der Waals surface area contributed by atoms with E-state index in [1.54, 1.807) is 0 Å². The summed E-state index contributed by atoms with van der Waals surface area (Å²) in [4.78, 5) is 0.